The number of carboxylic acid groups (broad SMARTS) is 1. The Morgan fingerprint density at radius 1 is 0.589 bits per heavy atom. The molecule has 0 radical (unpaired) electrons. The Kier molecular flexibility index (Phi) is 19.7. The quantitative estimate of drug-likeness (QED) is 0.0683. The number of alkyl halides is 9. The van der Waals surface area contributed by atoms with Crippen LogP contribution in [0, 0.1) is 20.2 Å². The maximum Gasteiger partial charge on any atom is 0.416 e. The Morgan fingerprint density at radius 2 is 0.911 bits per heavy atom. The molecule has 7 N–H and O–H groups in total. The van der Waals surface area contributed by atoms with Crippen molar-refractivity contribution in [3.8, 4) is 0 Å². The molecule has 0 saturated heterocycles. The fourth-order valence-corrected chi connectivity index (χ4v) is 3.52. The third kappa shape index (κ3) is 19.7. The van der Waals surface area contributed by atoms with Crippen molar-refractivity contribution in [2.45, 2.75) is 18.5 Å². The summed E-state index contributed by atoms with van der Waals surface area (Å²) < 4.78 is 125. The maximum absolute atomic E-state index is 12.5. The predicted octanol–water partition coefficient (Wildman–Crippen LogP) is 5.98. The Bertz CT molecular complexity index is 1820. The second kappa shape index (κ2) is 22.2. The van der Waals surface area contributed by atoms with Gasteiger partial charge >= 0.3 is 24.5 Å². The molecule has 0 atom stereocenters. The topological polar surface area (TPSA) is 262 Å². The van der Waals surface area contributed by atoms with Crippen molar-refractivity contribution in [3.63, 3.8) is 0 Å². The molecule has 3 rings (SSSR count). The summed E-state index contributed by atoms with van der Waals surface area (Å²) in [5, 5.41) is 32.9. The number of halogens is 9. The van der Waals surface area contributed by atoms with E-state index in [1.807, 2.05) is 0 Å². The first-order valence-corrected chi connectivity index (χ1v) is 14.4. The van der Waals surface area contributed by atoms with E-state index in [0.29, 0.717) is 24.3 Å². The number of nitrogens with two attached hydrogens (primary N) is 2. The summed E-state index contributed by atoms with van der Waals surface area (Å²) in [6, 6.07) is 6.65. The molecule has 26 heteroatoms. The number of hydrogen-bond donors (Lipinski definition) is 5. The normalized spacial score (nSPS) is 10.9. The van der Waals surface area contributed by atoms with Gasteiger partial charge in [-0.1, -0.05) is 0 Å². The van der Waals surface area contributed by atoms with Gasteiger partial charge in [0.25, 0.3) is 11.4 Å². The molecule has 0 aliphatic heterocycles. The third-order valence-corrected chi connectivity index (χ3v) is 5.60. The Balaban J connectivity index is 0.000000761. The number of nitrogen functional groups attached to an aromatic ring is 2. The number of carboxylic acids is 1. The van der Waals surface area contributed by atoms with Crippen LogP contribution in [0.5, 0.6) is 0 Å². The highest BCUT2D eigenvalue weighted by Crippen LogP contribution is 2.35. The zero-order valence-corrected chi connectivity index (χ0v) is 28.8. The zero-order valence-electron chi connectivity index (χ0n) is 28.8. The highest BCUT2D eigenvalue weighted by Gasteiger charge is 2.34. The van der Waals surface area contributed by atoms with Crippen molar-refractivity contribution in [2.24, 2.45) is 0 Å². The van der Waals surface area contributed by atoms with Gasteiger partial charge in [0.2, 0.25) is 11.8 Å². The fourth-order valence-electron chi connectivity index (χ4n) is 3.52. The number of anilines is 4. The lowest BCUT2D eigenvalue weighted by atomic mass is 10.1. The second-order valence-electron chi connectivity index (χ2n) is 10.2. The maximum atomic E-state index is 12.5. The SMILES string of the molecule is COCC(=O)Nc1cc(N)cc(C(F)(F)F)c1.COCC(=O)Nc1cc([N+](=O)[O-])cc(C(F)(F)F)c1.COCC(=O)O.Nc1cc([N+](=O)[O-])cc(C(F)(F)F)c1. The molecule has 0 saturated carbocycles. The number of amides is 2. The van der Waals surface area contributed by atoms with Crippen LogP contribution in [-0.2, 0) is 47.1 Å². The van der Waals surface area contributed by atoms with Gasteiger partial charge in [0.15, 0.2) is 0 Å². The van der Waals surface area contributed by atoms with Gasteiger partial charge in [-0.3, -0.25) is 29.8 Å². The van der Waals surface area contributed by atoms with E-state index >= 15 is 0 Å². The predicted molar refractivity (Wildman–Crippen MR) is 177 cm³/mol. The number of methoxy groups -OCH3 is 3. The van der Waals surface area contributed by atoms with E-state index in [1.54, 1.807) is 0 Å². The minimum absolute atomic E-state index is 0.0145. The number of nitro groups is 2. The second-order valence-corrected chi connectivity index (χ2v) is 10.2. The monoisotopic (exact) mass is 822 g/mol. The molecule has 17 nitrogen and oxygen atoms in total. The summed E-state index contributed by atoms with van der Waals surface area (Å²) in [5.74, 6) is -2.19. The lowest BCUT2D eigenvalue weighted by Gasteiger charge is -2.11. The van der Waals surface area contributed by atoms with E-state index in [0.717, 1.165) is 24.3 Å². The first-order valence-electron chi connectivity index (χ1n) is 14.4. The van der Waals surface area contributed by atoms with Crippen LogP contribution in [0.2, 0.25) is 0 Å². The average Bonchev–Trinajstić information content (AvgIpc) is 3.04. The lowest BCUT2D eigenvalue weighted by molar-refractivity contribution is -0.385. The van der Waals surface area contributed by atoms with Crippen molar-refractivity contribution in [1.82, 2.24) is 0 Å². The smallest absolute Gasteiger partial charge is 0.416 e. The molecule has 0 bridgehead atoms. The lowest BCUT2D eigenvalue weighted by Crippen LogP contribution is -2.18. The number of aliphatic carboxylic acids is 1. The van der Waals surface area contributed by atoms with E-state index in [4.69, 9.17) is 16.6 Å². The van der Waals surface area contributed by atoms with Gasteiger partial charge in [0.05, 0.1) is 26.5 Å². The van der Waals surface area contributed by atoms with E-state index in [-0.39, 0.29) is 42.6 Å². The van der Waals surface area contributed by atoms with E-state index in [9.17, 15) is 74.1 Å². The number of carbonyl (C=O) groups excluding carboxylic acids is 2. The number of nitro benzene ring substituents is 2. The Morgan fingerprint density at radius 3 is 1.23 bits per heavy atom. The molecule has 2 amide bonds. The van der Waals surface area contributed by atoms with Gasteiger partial charge < -0.3 is 41.4 Å². The molecule has 310 valence electrons. The van der Waals surface area contributed by atoms with Gasteiger partial charge in [-0.2, -0.15) is 39.5 Å². The van der Waals surface area contributed by atoms with Gasteiger partial charge in [-0.15, -0.1) is 0 Å². The molecular weight excluding hydrogens is 791 g/mol. The van der Waals surface area contributed by atoms with Crippen molar-refractivity contribution in [2.75, 3.05) is 63.3 Å². The highest BCUT2D eigenvalue weighted by molar-refractivity contribution is 5.92. The summed E-state index contributed by atoms with van der Waals surface area (Å²) in [6.07, 6.45) is -13.9. The number of nitrogens with one attached hydrogen (secondary N) is 2. The number of benzene rings is 3. The van der Waals surface area contributed by atoms with Crippen molar-refractivity contribution in [1.29, 1.82) is 0 Å². The van der Waals surface area contributed by atoms with Crippen LogP contribution < -0.4 is 22.1 Å². The minimum Gasteiger partial charge on any atom is -0.480 e. The molecular formula is C30H31F9N6O11. The van der Waals surface area contributed by atoms with E-state index < -0.39 is 74.2 Å². The number of hydrogen-bond acceptors (Lipinski definition) is 12. The van der Waals surface area contributed by atoms with Crippen LogP contribution in [0.3, 0.4) is 0 Å². The van der Waals surface area contributed by atoms with Crippen LogP contribution in [0.4, 0.5) is 73.6 Å². The summed E-state index contributed by atoms with van der Waals surface area (Å²) in [6.45, 7) is -0.819. The molecule has 0 unspecified atom stereocenters. The Hall–Kier alpha value is -6.28. The first kappa shape index (κ1) is 49.7. The molecule has 0 fully saturated rings. The molecule has 56 heavy (non-hydrogen) atoms. The van der Waals surface area contributed by atoms with Crippen molar-refractivity contribution >= 4 is 51.9 Å². The molecule has 0 aromatic heterocycles. The number of ether oxygens (including phenoxy) is 3. The van der Waals surface area contributed by atoms with Crippen LogP contribution in [0.15, 0.2) is 54.6 Å². The first-order chi connectivity index (χ1) is 25.6. The summed E-state index contributed by atoms with van der Waals surface area (Å²) >= 11 is 0. The standard InChI is InChI=1S/C10H9F3N2O4.C10H11F3N2O2.C7H5F3N2O2.C3H6O3/c1-19-5-9(16)14-7-2-6(10(11,12)13)3-8(4-7)15(17)18;1-17-5-9(16)15-8-3-6(10(11,12)13)2-7(14)4-8;8-7(9,10)4-1-5(11)3-6(2-4)12(13)14;1-6-2-3(4)5/h2-4H,5H2,1H3,(H,14,16);2-4H,5,14H2,1H3,(H,15,16);1-3H,11H2;2H2,1H3,(H,4,5). The molecule has 0 aliphatic carbocycles. The van der Waals surface area contributed by atoms with E-state index in [2.05, 4.69) is 24.8 Å². The molecule has 3 aromatic carbocycles. The van der Waals surface area contributed by atoms with Gasteiger partial charge in [-0.05, 0) is 30.3 Å². The summed E-state index contributed by atoms with van der Waals surface area (Å²) in [7, 11) is 3.88. The number of carbonyl (C=O) groups is 3. The van der Waals surface area contributed by atoms with Crippen LogP contribution in [-0.4, -0.2) is 73.9 Å². The van der Waals surface area contributed by atoms with Crippen LogP contribution in [0.1, 0.15) is 16.7 Å². The Labute approximate surface area is 308 Å². The zero-order chi connectivity index (χ0) is 43.6. The summed E-state index contributed by atoms with van der Waals surface area (Å²) in [5.41, 5.74) is 5.04. The van der Waals surface area contributed by atoms with Gasteiger partial charge in [0, 0.05) is 68.3 Å². The molecule has 0 heterocycles. The number of rotatable bonds is 10. The largest absolute Gasteiger partial charge is 0.480 e. The third-order valence-electron chi connectivity index (χ3n) is 5.60. The van der Waals surface area contributed by atoms with Crippen LogP contribution in [0.25, 0.3) is 0 Å². The van der Waals surface area contributed by atoms with Crippen molar-refractivity contribution in [3.05, 3.63) is 91.5 Å². The summed E-state index contributed by atoms with van der Waals surface area (Å²) in [4.78, 5) is 50.6. The molecule has 0 spiro atoms. The number of non-ortho nitro benzene ring substituents is 2. The van der Waals surface area contributed by atoms with Crippen molar-refractivity contribution < 1.29 is 83.1 Å². The average molecular weight is 823 g/mol. The molecule has 3 aromatic rings. The van der Waals surface area contributed by atoms with E-state index in [1.165, 1.54) is 27.4 Å². The van der Waals surface area contributed by atoms with Gasteiger partial charge in [0.1, 0.15) is 19.8 Å². The molecule has 0 aliphatic rings. The fraction of sp³-hybridized carbons (Fsp3) is 0.300. The minimum atomic E-state index is -4.74. The van der Waals surface area contributed by atoms with Gasteiger partial charge in [-0.25, -0.2) is 4.79 Å². The number of nitrogens with zero attached hydrogens (tertiary/aromatic N) is 2. The highest BCUT2D eigenvalue weighted by atomic mass is 19.4. The van der Waals surface area contributed by atoms with Crippen LogP contribution >= 0.6 is 0 Å².